The number of imide groups is 1. The van der Waals surface area contributed by atoms with E-state index in [1.54, 1.807) is 4.68 Å². The van der Waals surface area contributed by atoms with Crippen LogP contribution in [-0.4, -0.2) is 33.5 Å². The van der Waals surface area contributed by atoms with Gasteiger partial charge in [0, 0.05) is 39.7 Å². The summed E-state index contributed by atoms with van der Waals surface area (Å²) >= 11 is 0. The van der Waals surface area contributed by atoms with Gasteiger partial charge in [-0.25, -0.2) is 9.48 Å². The van der Waals surface area contributed by atoms with Crippen molar-refractivity contribution in [3.8, 4) is 5.69 Å². The SMILES string of the molecule is CC1(C(=O)NCc2cccc(-n3nc(C(C)(C)C)cc3NC(=O)Nc3cccc4ccccc34)c2)CC2(C)CC(C)(C1)C(=O)NC2=O. The summed E-state index contributed by atoms with van der Waals surface area (Å²) in [4.78, 5) is 52.4. The molecule has 1 aliphatic heterocycles. The number of aromatic nitrogens is 2. The fraction of sp³-hybridized carbons (Fsp3) is 0.378. The number of hydrogen-bond donors (Lipinski definition) is 4. The van der Waals surface area contributed by atoms with E-state index in [2.05, 4.69) is 42.0 Å². The number of nitrogens with zero attached hydrogens (tertiary/aromatic N) is 2. The molecule has 2 heterocycles. The number of carbonyl (C=O) groups is 4. The first-order chi connectivity index (χ1) is 22.1. The number of urea groups is 1. The average molecular weight is 635 g/mol. The van der Waals surface area contributed by atoms with Gasteiger partial charge in [0.05, 0.1) is 17.1 Å². The predicted molar refractivity (Wildman–Crippen MR) is 182 cm³/mol. The van der Waals surface area contributed by atoms with E-state index in [-0.39, 0.29) is 29.7 Å². The van der Waals surface area contributed by atoms with Gasteiger partial charge in [-0.3, -0.25) is 25.0 Å². The molecule has 10 heteroatoms. The summed E-state index contributed by atoms with van der Waals surface area (Å²) in [5.41, 5.74) is 0.303. The Hall–Kier alpha value is -4.99. The van der Waals surface area contributed by atoms with Gasteiger partial charge in [-0.05, 0) is 48.4 Å². The van der Waals surface area contributed by atoms with E-state index in [0.717, 1.165) is 22.0 Å². The smallest absolute Gasteiger partial charge is 0.324 e. The van der Waals surface area contributed by atoms with Crippen molar-refractivity contribution in [3.05, 3.63) is 84.1 Å². The average Bonchev–Trinajstić information content (AvgIpc) is 3.43. The summed E-state index contributed by atoms with van der Waals surface area (Å²) in [7, 11) is 0. The first kappa shape index (κ1) is 32.0. The van der Waals surface area contributed by atoms with Crippen LogP contribution in [0.2, 0.25) is 0 Å². The molecule has 2 unspecified atom stereocenters. The second kappa shape index (κ2) is 11.4. The van der Waals surface area contributed by atoms with E-state index in [1.165, 1.54) is 0 Å². The van der Waals surface area contributed by atoms with Crippen LogP contribution in [0.4, 0.5) is 16.3 Å². The van der Waals surface area contributed by atoms with Crippen molar-refractivity contribution >= 4 is 46.0 Å². The molecule has 1 aromatic heterocycles. The molecule has 2 atom stereocenters. The number of anilines is 2. The van der Waals surface area contributed by atoms with Gasteiger partial charge in [-0.2, -0.15) is 5.10 Å². The van der Waals surface area contributed by atoms with Crippen molar-refractivity contribution in [2.75, 3.05) is 10.6 Å². The molecule has 6 rings (SSSR count). The van der Waals surface area contributed by atoms with E-state index in [9.17, 15) is 19.2 Å². The Bertz CT molecular complexity index is 1890. The number of carbonyl (C=O) groups excluding carboxylic acids is 4. The summed E-state index contributed by atoms with van der Waals surface area (Å²) in [6.07, 6.45) is 1.16. The van der Waals surface area contributed by atoms with Gasteiger partial charge in [0.15, 0.2) is 0 Å². The van der Waals surface area contributed by atoms with Crippen molar-refractivity contribution in [1.29, 1.82) is 0 Å². The number of benzene rings is 3. The van der Waals surface area contributed by atoms with E-state index >= 15 is 0 Å². The van der Waals surface area contributed by atoms with Crippen molar-refractivity contribution < 1.29 is 19.2 Å². The lowest BCUT2D eigenvalue weighted by atomic mass is 9.52. The minimum absolute atomic E-state index is 0.191. The maximum absolute atomic E-state index is 13.7. The minimum atomic E-state index is -0.884. The summed E-state index contributed by atoms with van der Waals surface area (Å²) < 4.78 is 1.70. The highest BCUT2D eigenvalue weighted by Crippen LogP contribution is 2.56. The van der Waals surface area contributed by atoms with Crippen LogP contribution in [0.1, 0.15) is 72.1 Å². The number of nitrogens with one attached hydrogen (secondary N) is 4. The molecular weight excluding hydrogens is 592 g/mol. The van der Waals surface area contributed by atoms with Crippen molar-refractivity contribution in [1.82, 2.24) is 20.4 Å². The highest BCUT2D eigenvalue weighted by atomic mass is 16.2. The lowest BCUT2D eigenvalue weighted by Crippen LogP contribution is -2.63. The maximum Gasteiger partial charge on any atom is 0.324 e. The van der Waals surface area contributed by atoms with Gasteiger partial charge in [-0.1, -0.05) is 90.1 Å². The van der Waals surface area contributed by atoms with E-state index in [4.69, 9.17) is 5.10 Å². The van der Waals surface area contributed by atoms with Crippen LogP contribution in [0, 0.1) is 16.2 Å². The van der Waals surface area contributed by atoms with Crippen LogP contribution in [0.3, 0.4) is 0 Å². The van der Waals surface area contributed by atoms with Gasteiger partial charge >= 0.3 is 6.03 Å². The number of piperidine rings is 1. The Morgan fingerprint density at radius 3 is 2.21 bits per heavy atom. The Morgan fingerprint density at radius 2 is 1.51 bits per heavy atom. The van der Waals surface area contributed by atoms with Crippen LogP contribution in [0.25, 0.3) is 16.5 Å². The number of rotatable bonds is 6. The molecule has 4 N–H and O–H groups in total. The molecular formula is C37H42N6O4. The number of fused-ring (bicyclic) bond motifs is 3. The van der Waals surface area contributed by atoms with E-state index < -0.39 is 22.3 Å². The third kappa shape index (κ3) is 6.12. The normalized spacial score (nSPS) is 24.0. The molecule has 3 aromatic carbocycles. The molecule has 244 valence electrons. The molecule has 0 spiro atoms. The van der Waals surface area contributed by atoms with Crippen molar-refractivity contribution in [2.45, 2.75) is 72.8 Å². The number of amides is 5. The minimum Gasteiger partial charge on any atom is -0.352 e. The Balaban J connectivity index is 1.21. The fourth-order valence-corrected chi connectivity index (χ4v) is 7.49. The van der Waals surface area contributed by atoms with Crippen molar-refractivity contribution in [2.24, 2.45) is 16.2 Å². The van der Waals surface area contributed by atoms with E-state index in [1.807, 2.05) is 93.6 Å². The monoisotopic (exact) mass is 634 g/mol. The summed E-state index contributed by atoms with van der Waals surface area (Å²) in [6, 6.07) is 22.7. The molecule has 1 saturated carbocycles. The zero-order chi connectivity index (χ0) is 33.8. The molecule has 2 bridgehead atoms. The zero-order valence-corrected chi connectivity index (χ0v) is 27.8. The first-order valence-electron chi connectivity index (χ1n) is 16.0. The highest BCUT2D eigenvalue weighted by Gasteiger charge is 2.60. The molecule has 1 aliphatic carbocycles. The maximum atomic E-state index is 13.7. The lowest BCUT2D eigenvalue weighted by molar-refractivity contribution is -0.164. The van der Waals surface area contributed by atoms with Crippen molar-refractivity contribution in [3.63, 3.8) is 0 Å². The lowest BCUT2D eigenvalue weighted by Gasteiger charge is -2.53. The highest BCUT2D eigenvalue weighted by molar-refractivity contribution is 6.06. The van der Waals surface area contributed by atoms with Crippen LogP contribution in [-0.2, 0) is 26.3 Å². The molecule has 5 amide bonds. The third-order valence-corrected chi connectivity index (χ3v) is 9.58. The van der Waals surface area contributed by atoms with Gasteiger partial charge < -0.3 is 10.6 Å². The largest absolute Gasteiger partial charge is 0.352 e. The second-order valence-corrected chi connectivity index (χ2v) is 15.0. The Morgan fingerprint density at radius 1 is 0.851 bits per heavy atom. The fourth-order valence-electron chi connectivity index (χ4n) is 7.49. The molecule has 4 aromatic rings. The Kier molecular flexibility index (Phi) is 7.73. The first-order valence-corrected chi connectivity index (χ1v) is 16.0. The molecule has 2 fully saturated rings. The second-order valence-electron chi connectivity index (χ2n) is 15.0. The molecule has 0 radical (unpaired) electrons. The molecule has 47 heavy (non-hydrogen) atoms. The van der Waals surface area contributed by atoms with Crippen LogP contribution < -0.4 is 21.3 Å². The predicted octanol–water partition coefficient (Wildman–Crippen LogP) is 6.44. The van der Waals surface area contributed by atoms with Gasteiger partial charge in [0.2, 0.25) is 17.7 Å². The summed E-state index contributed by atoms with van der Waals surface area (Å²) in [5, 5.41) is 18.4. The third-order valence-electron chi connectivity index (χ3n) is 9.58. The van der Waals surface area contributed by atoms with Crippen LogP contribution in [0.5, 0.6) is 0 Å². The molecule has 2 aliphatic rings. The summed E-state index contributed by atoms with van der Waals surface area (Å²) in [6.45, 7) is 11.9. The standard InChI is InChI=1S/C37H42N6O4/c1-34(2,3)28-18-29(40-33(47)39-27-16-10-13-24-12-7-8-15-26(24)27)43(42-28)25-14-9-11-23(17-25)19-38-30(44)35(4)20-36(5)22-37(6,21-35)32(46)41-31(36)45/h7-18H,19-22H2,1-6H3,(H,38,44)(H2,39,40,47)(H,41,45,46). The van der Waals surface area contributed by atoms with Gasteiger partial charge in [0.25, 0.3) is 0 Å². The quantitative estimate of drug-likeness (QED) is 0.181. The van der Waals surface area contributed by atoms with E-state index in [0.29, 0.717) is 36.5 Å². The summed E-state index contributed by atoms with van der Waals surface area (Å²) in [5.74, 6) is -0.311. The van der Waals surface area contributed by atoms with Gasteiger partial charge in [0.1, 0.15) is 5.82 Å². The Labute approximate surface area is 274 Å². The van der Waals surface area contributed by atoms with Crippen LogP contribution in [0.15, 0.2) is 72.8 Å². The molecule has 1 saturated heterocycles. The number of hydrogen-bond acceptors (Lipinski definition) is 5. The van der Waals surface area contributed by atoms with Crippen LogP contribution >= 0.6 is 0 Å². The van der Waals surface area contributed by atoms with Gasteiger partial charge in [-0.15, -0.1) is 0 Å². The zero-order valence-electron chi connectivity index (χ0n) is 27.8. The molecule has 10 nitrogen and oxygen atoms in total. The topological polar surface area (TPSA) is 134 Å².